The summed E-state index contributed by atoms with van der Waals surface area (Å²) in [7, 11) is 0. The Labute approximate surface area is 133 Å². The molecule has 22 heavy (non-hydrogen) atoms. The van der Waals surface area contributed by atoms with Gasteiger partial charge in [-0.05, 0) is 51.3 Å². The molecule has 0 aromatic heterocycles. The van der Waals surface area contributed by atoms with Gasteiger partial charge < -0.3 is 15.5 Å². The molecule has 120 valence electrons. The van der Waals surface area contributed by atoms with Crippen molar-refractivity contribution in [1.29, 1.82) is 0 Å². The number of rotatable bonds is 4. The largest absolute Gasteiger partial charge is 0.367 e. The van der Waals surface area contributed by atoms with Crippen LogP contribution in [0.2, 0.25) is 0 Å². The molecule has 3 rings (SSSR count). The number of benzene rings is 1. The summed E-state index contributed by atoms with van der Waals surface area (Å²) in [5.74, 6) is 0.410. The normalized spacial score (nSPS) is 27.5. The van der Waals surface area contributed by atoms with Gasteiger partial charge in [-0.2, -0.15) is 0 Å². The van der Waals surface area contributed by atoms with Gasteiger partial charge in [-0.1, -0.05) is 18.2 Å². The molecule has 4 nitrogen and oxygen atoms in total. The summed E-state index contributed by atoms with van der Waals surface area (Å²) in [5, 5.41) is 6.54. The van der Waals surface area contributed by atoms with Crippen molar-refractivity contribution in [2.75, 3.05) is 24.5 Å². The Bertz CT molecular complexity index is 531. The zero-order chi connectivity index (χ0) is 15.5. The highest BCUT2D eigenvalue weighted by molar-refractivity contribution is 5.78. The smallest absolute Gasteiger partial charge is 0.223 e. The number of carbonyl (C=O) groups excluding carboxylic acids is 1. The van der Waals surface area contributed by atoms with Gasteiger partial charge in [0.25, 0.3) is 0 Å². The van der Waals surface area contributed by atoms with Crippen molar-refractivity contribution in [3.63, 3.8) is 0 Å². The maximum atomic E-state index is 12.3. The van der Waals surface area contributed by atoms with Gasteiger partial charge in [-0.15, -0.1) is 0 Å². The summed E-state index contributed by atoms with van der Waals surface area (Å²) in [6, 6.07) is 9.58. The Balaban J connectivity index is 1.50. The predicted octanol–water partition coefficient (Wildman–Crippen LogP) is 1.94. The van der Waals surface area contributed by atoms with Gasteiger partial charge in [0, 0.05) is 36.8 Å². The van der Waals surface area contributed by atoms with Crippen LogP contribution in [0.15, 0.2) is 24.3 Å². The fraction of sp³-hybridized carbons (Fsp3) is 0.611. The van der Waals surface area contributed by atoms with E-state index >= 15 is 0 Å². The van der Waals surface area contributed by atoms with E-state index in [1.807, 2.05) is 0 Å². The van der Waals surface area contributed by atoms with Crippen molar-refractivity contribution >= 4 is 11.6 Å². The molecule has 1 amide bonds. The first-order valence-corrected chi connectivity index (χ1v) is 8.51. The van der Waals surface area contributed by atoms with E-state index in [9.17, 15) is 4.79 Å². The Kier molecular flexibility index (Phi) is 4.67. The standard InChI is InChI=1S/C18H27N3O/c1-13-11-16(7-8-19-13)18(22)20-9-10-21-14(2)12-15-5-3-4-6-17(15)21/h3-6,13-14,16,19H,7-12H2,1-2H3,(H,20,22)/t13-,14?,16-/m0/s1. The highest BCUT2D eigenvalue weighted by Crippen LogP contribution is 2.31. The molecule has 1 aromatic carbocycles. The van der Waals surface area contributed by atoms with E-state index in [0.717, 1.165) is 38.9 Å². The molecule has 1 saturated heterocycles. The van der Waals surface area contributed by atoms with Gasteiger partial charge in [-0.25, -0.2) is 0 Å². The Morgan fingerprint density at radius 3 is 3.00 bits per heavy atom. The van der Waals surface area contributed by atoms with Crippen LogP contribution in [-0.2, 0) is 11.2 Å². The summed E-state index contributed by atoms with van der Waals surface area (Å²) in [6.07, 6.45) is 3.02. The Morgan fingerprint density at radius 2 is 2.18 bits per heavy atom. The lowest BCUT2D eigenvalue weighted by Crippen LogP contribution is -2.44. The van der Waals surface area contributed by atoms with Crippen molar-refractivity contribution in [3.05, 3.63) is 29.8 Å². The summed E-state index contributed by atoms with van der Waals surface area (Å²) < 4.78 is 0. The number of para-hydroxylation sites is 1. The van der Waals surface area contributed by atoms with Gasteiger partial charge >= 0.3 is 0 Å². The van der Waals surface area contributed by atoms with E-state index in [4.69, 9.17) is 0 Å². The van der Waals surface area contributed by atoms with E-state index in [-0.39, 0.29) is 11.8 Å². The minimum absolute atomic E-state index is 0.180. The van der Waals surface area contributed by atoms with Crippen LogP contribution in [-0.4, -0.2) is 37.6 Å². The molecule has 0 spiro atoms. The second-order valence-corrected chi connectivity index (χ2v) is 6.74. The van der Waals surface area contributed by atoms with E-state index in [1.54, 1.807) is 0 Å². The van der Waals surface area contributed by atoms with Crippen molar-refractivity contribution < 1.29 is 4.79 Å². The van der Waals surface area contributed by atoms with Crippen LogP contribution in [0.5, 0.6) is 0 Å². The number of fused-ring (bicyclic) bond motifs is 1. The number of nitrogens with zero attached hydrogens (tertiary/aromatic N) is 1. The summed E-state index contributed by atoms with van der Waals surface area (Å²) in [5.41, 5.74) is 2.76. The maximum absolute atomic E-state index is 12.3. The zero-order valence-electron chi connectivity index (χ0n) is 13.6. The molecule has 0 radical (unpaired) electrons. The third kappa shape index (κ3) is 3.27. The van der Waals surface area contributed by atoms with Crippen LogP contribution < -0.4 is 15.5 Å². The molecule has 1 unspecified atom stereocenters. The lowest BCUT2D eigenvalue weighted by atomic mass is 9.92. The quantitative estimate of drug-likeness (QED) is 0.893. The molecule has 0 saturated carbocycles. The lowest BCUT2D eigenvalue weighted by Gasteiger charge is -2.28. The fourth-order valence-electron chi connectivity index (χ4n) is 3.78. The Morgan fingerprint density at radius 1 is 1.36 bits per heavy atom. The monoisotopic (exact) mass is 301 g/mol. The second kappa shape index (κ2) is 6.69. The van der Waals surface area contributed by atoms with Crippen molar-refractivity contribution in [2.24, 2.45) is 5.92 Å². The number of amides is 1. The van der Waals surface area contributed by atoms with E-state index in [2.05, 4.69) is 53.6 Å². The Hall–Kier alpha value is -1.55. The summed E-state index contributed by atoms with van der Waals surface area (Å²) in [6.45, 7) is 6.99. The minimum atomic E-state index is 0.180. The van der Waals surface area contributed by atoms with Gasteiger partial charge in [0.2, 0.25) is 5.91 Å². The molecule has 3 atom stereocenters. The van der Waals surface area contributed by atoms with E-state index in [1.165, 1.54) is 11.3 Å². The second-order valence-electron chi connectivity index (χ2n) is 6.74. The van der Waals surface area contributed by atoms with Crippen LogP contribution in [0.1, 0.15) is 32.3 Å². The van der Waals surface area contributed by atoms with Crippen LogP contribution in [0.4, 0.5) is 5.69 Å². The topological polar surface area (TPSA) is 44.4 Å². The minimum Gasteiger partial charge on any atom is -0.367 e. The van der Waals surface area contributed by atoms with Crippen LogP contribution in [0.3, 0.4) is 0 Å². The third-order valence-electron chi connectivity index (χ3n) is 4.99. The van der Waals surface area contributed by atoms with Gasteiger partial charge in [-0.3, -0.25) is 4.79 Å². The highest BCUT2D eigenvalue weighted by Gasteiger charge is 2.27. The zero-order valence-corrected chi connectivity index (χ0v) is 13.6. The van der Waals surface area contributed by atoms with Crippen LogP contribution in [0.25, 0.3) is 0 Å². The summed E-state index contributed by atoms with van der Waals surface area (Å²) >= 11 is 0. The average Bonchev–Trinajstić information content (AvgIpc) is 2.83. The maximum Gasteiger partial charge on any atom is 0.223 e. The molecule has 2 aliphatic rings. The summed E-state index contributed by atoms with van der Waals surface area (Å²) in [4.78, 5) is 14.7. The molecule has 2 aliphatic heterocycles. The first-order valence-electron chi connectivity index (χ1n) is 8.51. The van der Waals surface area contributed by atoms with Gasteiger partial charge in [0.1, 0.15) is 0 Å². The third-order valence-corrected chi connectivity index (χ3v) is 4.99. The molecule has 4 heteroatoms. The molecule has 0 bridgehead atoms. The number of hydrogen-bond donors (Lipinski definition) is 2. The molecular weight excluding hydrogens is 274 g/mol. The average molecular weight is 301 g/mol. The lowest BCUT2D eigenvalue weighted by molar-refractivity contribution is -0.126. The van der Waals surface area contributed by atoms with Crippen molar-refractivity contribution in [3.8, 4) is 0 Å². The molecule has 2 heterocycles. The first-order chi connectivity index (χ1) is 10.6. The highest BCUT2D eigenvalue weighted by atomic mass is 16.1. The number of carbonyl (C=O) groups is 1. The molecule has 2 N–H and O–H groups in total. The number of nitrogens with one attached hydrogen (secondary N) is 2. The predicted molar refractivity (Wildman–Crippen MR) is 90.2 cm³/mol. The van der Waals surface area contributed by atoms with E-state index < -0.39 is 0 Å². The van der Waals surface area contributed by atoms with E-state index in [0.29, 0.717) is 12.1 Å². The number of piperidine rings is 1. The fourth-order valence-corrected chi connectivity index (χ4v) is 3.78. The molecule has 1 fully saturated rings. The first kappa shape index (κ1) is 15.3. The van der Waals surface area contributed by atoms with Gasteiger partial charge in [0.05, 0.1) is 0 Å². The molecular formula is C18H27N3O. The molecule has 0 aliphatic carbocycles. The van der Waals surface area contributed by atoms with Crippen molar-refractivity contribution in [2.45, 2.75) is 45.2 Å². The van der Waals surface area contributed by atoms with Crippen molar-refractivity contribution in [1.82, 2.24) is 10.6 Å². The van der Waals surface area contributed by atoms with Gasteiger partial charge in [0.15, 0.2) is 0 Å². The van der Waals surface area contributed by atoms with Crippen LogP contribution in [0, 0.1) is 5.92 Å². The number of anilines is 1. The SMILES string of the molecule is CC1Cc2ccccc2N1CCNC(=O)[C@H]1CCN[C@@H](C)C1. The number of hydrogen-bond acceptors (Lipinski definition) is 3. The van der Waals surface area contributed by atoms with Crippen LogP contribution >= 0.6 is 0 Å². The molecule has 1 aromatic rings.